The van der Waals surface area contributed by atoms with Crippen LogP contribution in [0.2, 0.25) is 0 Å². The van der Waals surface area contributed by atoms with Gasteiger partial charge in [-0.05, 0) is 54.1 Å². The van der Waals surface area contributed by atoms with Crippen molar-refractivity contribution in [1.29, 1.82) is 0 Å². The normalized spacial score (nSPS) is 12.8. The van der Waals surface area contributed by atoms with Crippen LogP contribution in [-0.2, 0) is 14.8 Å². The molecule has 1 amide bonds. The quantitative estimate of drug-likeness (QED) is 0.729. The van der Waals surface area contributed by atoms with E-state index in [4.69, 9.17) is 0 Å². The largest absolute Gasteiger partial charge is 0.325 e. The highest BCUT2D eigenvalue weighted by atomic mass is 32.2. The van der Waals surface area contributed by atoms with Gasteiger partial charge in [-0.3, -0.25) is 4.79 Å². The van der Waals surface area contributed by atoms with E-state index in [-0.39, 0.29) is 4.21 Å². The van der Waals surface area contributed by atoms with Crippen molar-refractivity contribution in [3.63, 3.8) is 0 Å². The molecule has 2 N–H and O–H groups in total. The summed E-state index contributed by atoms with van der Waals surface area (Å²) in [5.41, 5.74) is 0.408. The summed E-state index contributed by atoms with van der Waals surface area (Å²) in [6.45, 7) is 0. The van der Waals surface area contributed by atoms with Gasteiger partial charge in [0.05, 0.1) is 0 Å². The van der Waals surface area contributed by atoms with Crippen LogP contribution in [0.4, 0.5) is 10.1 Å². The van der Waals surface area contributed by atoms with Crippen molar-refractivity contribution in [3.8, 4) is 0 Å². The molecule has 0 fully saturated rings. The number of thiophene rings is 1. The Balaban J connectivity index is 2.12. The second-order valence-electron chi connectivity index (χ2n) is 4.88. The first-order valence-electron chi connectivity index (χ1n) is 7.03. The van der Waals surface area contributed by atoms with Crippen molar-refractivity contribution in [3.05, 3.63) is 47.6 Å². The molecule has 130 valence electrons. The van der Waals surface area contributed by atoms with Gasteiger partial charge in [0.1, 0.15) is 16.1 Å². The zero-order valence-electron chi connectivity index (χ0n) is 12.9. The standard InChI is InChI=1S/C15H17FN2O3S3/c1-22-10-8-13(18-24(20,21)14-3-2-9-23-14)15(19)17-12-6-4-11(16)5-7-12/h2-7,9,13,18H,8,10H2,1H3,(H,17,19)/t13-/m1/s1. The Morgan fingerprint density at radius 1 is 1.29 bits per heavy atom. The van der Waals surface area contributed by atoms with E-state index in [1.807, 2.05) is 6.26 Å². The van der Waals surface area contributed by atoms with Crippen LogP contribution >= 0.6 is 23.1 Å². The monoisotopic (exact) mass is 388 g/mol. The maximum absolute atomic E-state index is 12.9. The van der Waals surface area contributed by atoms with Gasteiger partial charge in [0, 0.05) is 5.69 Å². The molecule has 24 heavy (non-hydrogen) atoms. The summed E-state index contributed by atoms with van der Waals surface area (Å²) in [6.07, 6.45) is 2.22. The molecule has 0 bridgehead atoms. The lowest BCUT2D eigenvalue weighted by Gasteiger charge is -2.17. The average molecular weight is 389 g/mol. The maximum Gasteiger partial charge on any atom is 0.250 e. The molecule has 0 unspecified atom stereocenters. The van der Waals surface area contributed by atoms with Gasteiger partial charge in [-0.2, -0.15) is 16.5 Å². The Hall–Kier alpha value is -1.42. The number of sulfonamides is 1. The SMILES string of the molecule is CSCC[C@@H](NS(=O)(=O)c1cccs1)C(=O)Nc1ccc(F)cc1. The van der Waals surface area contributed by atoms with Gasteiger partial charge in [0.25, 0.3) is 10.0 Å². The van der Waals surface area contributed by atoms with Crippen molar-refractivity contribution in [2.75, 3.05) is 17.3 Å². The van der Waals surface area contributed by atoms with Gasteiger partial charge in [-0.25, -0.2) is 12.8 Å². The Labute approximate surface area is 148 Å². The molecule has 2 aromatic rings. The molecule has 5 nitrogen and oxygen atoms in total. The predicted molar refractivity (Wildman–Crippen MR) is 96.5 cm³/mol. The zero-order valence-corrected chi connectivity index (χ0v) is 15.3. The van der Waals surface area contributed by atoms with Crippen molar-refractivity contribution in [1.82, 2.24) is 4.72 Å². The lowest BCUT2D eigenvalue weighted by molar-refractivity contribution is -0.117. The van der Waals surface area contributed by atoms with Crippen LogP contribution < -0.4 is 10.0 Å². The zero-order chi connectivity index (χ0) is 17.6. The molecule has 1 aromatic heterocycles. The Bertz CT molecular complexity index is 762. The van der Waals surface area contributed by atoms with Crippen molar-refractivity contribution < 1.29 is 17.6 Å². The third kappa shape index (κ3) is 5.30. The number of carbonyl (C=O) groups excluding carboxylic acids is 1. The van der Waals surface area contributed by atoms with Crippen LogP contribution in [-0.4, -0.2) is 32.4 Å². The van der Waals surface area contributed by atoms with Gasteiger partial charge < -0.3 is 5.32 Å². The topological polar surface area (TPSA) is 75.3 Å². The van der Waals surface area contributed by atoms with E-state index < -0.39 is 27.8 Å². The van der Waals surface area contributed by atoms with Gasteiger partial charge in [0.2, 0.25) is 5.91 Å². The fourth-order valence-electron chi connectivity index (χ4n) is 1.90. The van der Waals surface area contributed by atoms with E-state index in [1.54, 1.807) is 11.4 Å². The molecular formula is C15H17FN2O3S3. The molecule has 0 aliphatic heterocycles. The second kappa shape index (κ2) is 8.61. The highest BCUT2D eigenvalue weighted by Crippen LogP contribution is 2.17. The van der Waals surface area contributed by atoms with Crippen LogP contribution in [0.3, 0.4) is 0 Å². The van der Waals surface area contributed by atoms with Gasteiger partial charge in [0.15, 0.2) is 0 Å². The van der Waals surface area contributed by atoms with Crippen LogP contribution in [0.1, 0.15) is 6.42 Å². The van der Waals surface area contributed by atoms with E-state index in [0.29, 0.717) is 17.9 Å². The summed E-state index contributed by atoms with van der Waals surface area (Å²) >= 11 is 2.60. The van der Waals surface area contributed by atoms with Crippen molar-refractivity contribution in [2.45, 2.75) is 16.7 Å². The molecule has 1 aromatic carbocycles. The molecular weight excluding hydrogens is 371 g/mol. The Morgan fingerprint density at radius 3 is 2.58 bits per heavy atom. The summed E-state index contributed by atoms with van der Waals surface area (Å²) in [7, 11) is -3.75. The first-order valence-corrected chi connectivity index (χ1v) is 10.8. The number of halogens is 1. The number of benzene rings is 1. The minimum Gasteiger partial charge on any atom is -0.325 e. The van der Waals surface area contributed by atoms with Crippen LogP contribution in [0, 0.1) is 5.82 Å². The number of nitrogens with one attached hydrogen (secondary N) is 2. The van der Waals surface area contributed by atoms with Crippen LogP contribution in [0.5, 0.6) is 0 Å². The fraction of sp³-hybridized carbons (Fsp3) is 0.267. The van der Waals surface area contributed by atoms with Crippen LogP contribution in [0.25, 0.3) is 0 Å². The minimum absolute atomic E-state index is 0.159. The first kappa shape index (κ1) is 18.9. The van der Waals surface area contributed by atoms with Crippen LogP contribution in [0.15, 0.2) is 46.0 Å². The van der Waals surface area contributed by atoms with Gasteiger partial charge in [-0.15, -0.1) is 11.3 Å². The number of carbonyl (C=O) groups is 1. The number of thioether (sulfide) groups is 1. The molecule has 1 heterocycles. The first-order chi connectivity index (χ1) is 11.4. The Kier molecular flexibility index (Phi) is 6.79. The highest BCUT2D eigenvalue weighted by Gasteiger charge is 2.26. The maximum atomic E-state index is 12.9. The van der Waals surface area contributed by atoms with Crippen molar-refractivity contribution in [2.24, 2.45) is 0 Å². The molecule has 9 heteroatoms. The molecule has 2 rings (SSSR count). The molecule has 1 atom stereocenters. The third-order valence-electron chi connectivity index (χ3n) is 3.10. The number of hydrogen-bond donors (Lipinski definition) is 2. The van der Waals surface area contributed by atoms with Gasteiger partial charge >= 0.3 is 0 Å². The summed E-state index contributed by atoms with van der Waals surface area (Å²) in [4.78, 5) is 12.4. The lowest BCUT2D eigenvalue weighted by Crippen LogP contribution is -2.43. The minimum atomic E-state index is -3.75. The number of amides is 1. The smallest absolute Gasteiger partial charge is 0.250 e. The highest BCUT2D eigenvalue weighted by molar-refractivity contribution is 7.98. The molecule has 0 saturated heterocycles. The predicted octanol–water partition coefficient (Wildman–Crippen LogP) is 2.93. The fourth-order valence-corrected chi connectivity index (χ4v) is 4.61. The molecule has 0 aliphatic carbocycles. The second-order valence-corrected chi connectivity index (χ2v) is 8.76. The van der Waals surface area contributed by atoms with E-state index in [2.05, 4.69) is 10.0 Å². The summed E-state index contributed by atoms with van der Waals surface area (Å²) < 4.78 is 40.2. The number of rotatable bonds is 8. The summed E-state index contributed by atoms with van der Waals surface area (Å²) in [6, 6.07) is 7.50. The van der Waals surface area contributed by atoms with E-state index in [0.717, 1.165) is 11.3 Å². The van der Waals surface area contributed by atoms with E-state index in [9.17, 15) is 17.6 Å². The number of anilines is 1. The molecule has 0 saturated carbocycles. The third-order valence-corrected chi connectivity index (χ3v) is 6.61. The Morgan fingerprint density at radius 2 is 2.00 bits per heavy atom. The summed E-state index contributed by atoms with van der Waals surface area (Å²) in [5.74, 6) is -0.268. The average Bonchev–Trinajstić information content (AvgIpc) is 3.09. The molecule has 0 radical (unpaired) electrons. The lowest BCUT2D eigenvalue weighted by atomic mass is 10.2. The van der Waals surface area contributed by atoms with E-state index in [1.165, 1.54) is 42.1 Å². The van der Waals surface area contributed by atoms with E-state index >= 15 is 0 Å². The van der Waals surface area contributed by atoms with Crippen molar-refractivity contribution >= 4 is 44.7 Å². The number of hydrogen-bond acceptors (Lipinski definition) is 5. The molecule has 0 spiro atoms. The molecule has 0 aliphatic rings. The summed E-state index contributed by atoms with van der Waals surface area (Å²) in [5, 5.41) is 4.26. The van der Waals surface area contributed by atoms with Gasteiger partial charge in [-0.1, -0.05) is 6.07 Å².